The first-order chi connectivity index (χ1) is 11.4. The second kappa shape index (κ2) is 6.26. The van der Waals surface area contributed by atoms with Crippen molar-refractivity contribution in [3.8, 4) is 0 Å². The van der Waals surface area contributed by atoms with Gasteiger partial charge in [0.05, 0.1) is 11.8 Å². The monoisotopic (exact) mass is 338 g/mol. The predicted octanol–water partition coefficient (Wildman–Crippen LogP) is 3.13. The number of amides is 1. The van der Waals surface area contributed by atoms with Crippen LogP contribution in [-0.2, 0) is 17.5 Å². The lowest BCUT2D eigenvalue weighted by Crippen LogP contribution is -2.42. The SMILES string of the molecule is CC(C1CC1)N(C(=O)Cn1ccnn1)c1cccc(C(F)(F)F)c1. The number of benzene rings is 1. The zero-order valence-corrected chi connectivity index (χ0v) is 13.1. The van der Waals surface area contributed by atoms with E-state index in [0.717, 1.165) is 25.0 Å². The number of aromatic nitrogens is 3. The van der Waals surface area contributed by atoms with Crippen molar-refractivity contribution in [2.75, 3.05) is 4.90 Å². The summed E-state index contributed by atoms with van der Waals surface area (Å²) in [5, 5.41) is 7.39. The molecule has 2 aromatic rings. The Labute approximate surface area is 137 Å². The molecule has 1 heterocycles. The van der Waals surface area contributed by atoms with Gasteiger partial charge in [-0.2, -0.15) is 13.2 Å². The number of halogens is 3. The normalized spacial score (nSPS) is 16.0. The molecule has 1 fully saturated rings. The summed E-state index contributed by atoms with van der Waals surface area (Å²) in [6.07, 6.45) is 0.510. The molecule has 0 saturated heterocycles. The highest BCUT2D eigenvalue weighted by Crippen LogP contribution is 2.38. The lowest BCUT2D eigenvalue weighted by molar-refractivity contribution is -0.137. The average molecular weight is 338 g/mol. The van der Waals surface area contributed by atoms with Crippen LogP contribution >= 0.6 is 0 Å². The highest BCUT2D eigenvalue weighted by molar-refractivity contribution is 5.94. The van der Waals surface area contributed by atoms with Crippen LogP contribution in [0, 0.1) is 5.92 Å². The summed E-state index contributed by atoms with van der Waals surface area (Å²) in [5.74, 6) is 0.0125. The number of carbonyl (C=O) groups is 1. The minimum atomic E-state index is -4.44. The molecule has 24 heavy (non-hydrogen) atoms. The highest BCUT2D eigenvalue weighted by atomic mass is 19.4. The molecule has 1 saturated carbocycles. The average Bonchev–Trinajstić information content (AvgIpc) is 3.26. The van der Waals surface area contributed by atoms with Crippen LogP contribution in [0.15, 0.2) is 36.7 Å². The van der Waals surface area contributed by atoms with Crippen LogP contribution in [-0.4, -0.2) is 26.9 Å². The maximum absolute atomic E-state index is 13.0. The summed E-state index contributed by atoms with van der Waals surface area (Å²) in [4.78, 5) is 14.2. The molecular formula is C16H17F3N4O. The summed E-state index contributed by atoms with van der Waals surface area (Å²) in [6, 6.07) is 4.73. The number of nitrogens with zero attached hydrogens (tertiary/aromatic N) is 4. The smallest absolute Gasteiger partial charge is 0.308 e. The molecular weight excluding hydrogens is 321 g/mol. The Morgan fingerprint density at radius 1 is 1.42 bits per heavy atom. The van der Waals surface area contributed by atoms with E-state index in [4.69, 9.17) is 0 Å². The Bertz CT molecular complexity index is 710. The fraction of sp³-hybridized carbons (Fsp3) is 0.438. The van der Waals surface area contributed by atoms with E-state index in [2.05, 4.69) is 10.3 Å². The molecule has 5 nitrogen and oxygen atoms in total. The Morgan fingerprint density at radius 3 is 2.75 bits per heavy atom. The van der Waals surface area contributed by atoms with Crippen molar-refractivity contribution in [1.82, 2.24) is 15.0 Å². The van der Waals surface area contributed by atoms with E-state index in [9.17, 15) is 18.0 Å². The maximum atomic E-state index is 13.0. The zero-order valence-electron chi connectivity index (χ0n) is 13.1. The van der Waals surface area contributed by atoms with Crippen molar-refractivity contribution >= 4 is 11.6 Å². The van der Waals surface area contributed by atoms with E-state index in [1.54, 1.807) is 6.20 Å². The molecule has 1 aromatic heterocycles. The molecule has 1 unspecified atom stereocenters. The van der Waals surface area contributed by atoms with Crippen LogP contribution in [0.5, 0.6) is 0 Å². The van der Waals surface area contributed by atoms with Crippen molar-refractivity contribution < 1.29 is 18.0 Å². The molecule has 3 rings (SSSR count). The number of alkyl halides is 3. The molecule has 0 aliphatic heterocycles. The van der Waals surface area contributed by atoms with Crippen LogP contribution in [0.2, 0.25) is 0 Å². The second-order valence-electron chi connectivity index (χ2n) is 5.99. The van der Waals surface area contributed by atoms with Crippen molar-refractivity contribution in [3.05, 3.63) is 42.2 Å². The van der Waals surface area contributed by atoms with Crippen molar-refractivity contribution in [1.29, 1.82) is 0 Å². The molecule has 1 atom stereocenters. The summed E-state index contributed by atoms with van der Waals surface area (Å²) in [7, 11) is 0. The van der Waals surface area contributed by atoms with Crippen LogP contribution in [0.25, 0.3) is 0 Å². The summed E-state index contributed by atoms with van der Waals surface area (Å²) in [6.45, 7) is 1.81. The molecule has 1 aromatic carbocycles. The van der Waals surface area contributed by atoms with Gasteiger partial charge >= 0.3 is 6.18 Å². The van der Waals surface area contributed by atoms with Gasteiger partial charge in [0.1, 0.15) is 6.54 Å². The van der Waals surface area contributed by atoms with Crippen molar-refractivity contribution in [3.63, 3.8) is 0 Å². The van der Waals surface area contributed by atoms with E-state index in [-0.39, 0.29) is 24.2 Å². The Kier molecular flexibility index (Phi) is 4.29. The summed E-state index contributed by atoms with van der Waals surface area (Å²) >= 11 is 0. The van der Waals surface area contributed by atoms with E-state index < -0.39 is 11.7 Å². The molecule has 0 radical (unpaired) electrons. The zero-order chi connectivity index (χ0) is 17.3. The topological polar surface area (TPSA) is 51.0 Å². The Hall–Kier alpha value is -2.38. The Balaban J connectivity index is 1.91. The minimum Gasteiger partial charge on any atom is -0.308 e. The quantitative estimate of drug-likeness (QED) is 0.842. The Morgan fingerprint density at radius 2 is 2.17 bits per heavy atom. The minimum absolute atomic E-state index is 0.0622. The summed E-state index contributed by atoms with van der Waals surface area (Å²) < 4.78 is 40.3. The van der Waals surface area contributed by atoms with Gasteiger partial charge in [0, 0.05) is 17.9 Å². The number of carbonyl (C=O) groups excluding carboxylic acids is 1. The van der Waals surface area contributed by atoms with Gasteiger partial charge in [0.15, 0.2) is 0 Å². The molecule has 1 aliphatic carbocycles. The van der Waals surface area contributed by atoms with Gasteiger partial charge < -0.3 is 4.90 Å². The van der Waals surface area contributed by atoms with Gasteiger partial charge in [-0.15, -0.1) is 5.10 Å². The van der Waals surface area contributed by atoms with Gasteiger partial charge in [-0.05, 0) is 43.9 Å². The number of hydrogen-bond donors (Lipinski definition) is 0. The highest BCUT2D eigenvalue weighted by Gasteiger charge is 2.36. The number of anilines is 1. The number of rotatable bonds is 5. The van der Waals surface area contributed by atoms with Gasteiger partial charge in [0.25, 0.3) is 0 Å². The fourth-order valence-electron chi connectivity index (χ4n) is 2.76. The van der Waals surface area contributed by atoms with E-state index in [0.29, 0.717) is 5.92 Å². The van der Waals surface area contributed by atoms with Gasteiger partial charge in [-0.25, -0.2) is 4.68 Å². The van der Waals surface area contributed by atoms with Gasteiger partial charge in [-0.1, -0.05) is 11.3 Å². The number of hydrogen-bond acceptors (Lipinski definition) is 3. The van der Waals surface area contributed by atoms with Gasteiger partial charge in [0.2, 0.25) is 5.91 Å². The molecule has 0 bridgehead atoms. The largest absolute Gasteiger partial charge is 0.416 e. The van der Waals surface area contributed by atoms with Crippen LogP contribution in [0.4, 0.5) is 18.9 Å². The molecule has 1 amide bonds. The standard InChI is InChI=1S/C16H17F3N4O/c1-11(12-5-6-12)23(15(24)10-22-8-7-20-21-22)14-4-2-3-13(9-14)16(17,18)19/h2-4,7-9,11-12H,5-6,10H2,1H3. The van der Waals surface area contributed by atoms with Crippen molar-refractivity contribution in [2.45, 2.75) is 38.5 Å². The molecule has 0 N–H and O–H groups in total. The molecule has 128 valence electrons. The third-order valence-corrected chi connectivity index (χ3v) is 4.20. The predicted molar refractivity (Wildman–Crippen MR) is 81.1 cm³/mol. The van der Waals surface area contributed by atoms with E-state index in [1.165, 1.54) is 27.9 Å². The molecule has 8 heteroatoms. The first-order valence-electron chi connectivity index (χ1n) is 7.69. The van der Waals surface area contributed by atoms with E-state index in [1.807, 2.05) is 6.92 Å². The lowest BCUT2D eigenvalue weighted by Gasteiger charge is -2.30. The molecule has 1 aliphatic rings. The van der Waals surface area contributed by atoms with Crippen LogP contribution in [0.3, 0.4) is 0 Å². The summed E-state index contributed by atoms with van der Waals surface area (Å²) in [5.41, 5.74) is -0.504. The molecule has 0 spiro atoms. The van der Waals surface area contributed by atoms with Gasteiger partial charge in [-0.3, -0.25) is 4.79 Å². The van der Waals surface area contributed by atoms with Crippen LogP contribution < -0.4 is 4.90 Å². The first kappa shape index (κ1) is 16.5. The third-order valence-electron chi connectivity index (χ3n) is 4.20. The first-order valence-corrected chi connectivity index (χ1v) is 7.69. The maximum Gasteiger partial charge on any atom is 0.416 e. The fourth-order valence-corrected chi connectivity index (χ4v) is 2.76. The van der Waals surface area contributed by atoms with Crippen molar-refractivity contribution in [2.24, 2.45) is 5.92 Å². The van der Waals surface area contributed by atoms with Crippen LogP contribution in [0.1, 0.15) is 25.3 Å². The van der Waals surface area contributed by atoms with E-state index >= 15 is 0 Å². The lowest BCUT2D eigenvalue weighted by atomic mass is 10.1. The second-order valence-corrected chi connectivity index (χ2v) is 5.99. The third kappa shape index (κ3) is 3.58.